The van der Waals surface area contributed by atoms with E-state index >= 15 is 0 Å². The van der Waals surface area contributed by atoms with Gasteiger partial charge < -0.3 is 10.8 Å². The van der Waals surface area contributed by atoms with Crippen molar-refractivity contribution in [2.75, 3.05) is 18.1 Å². The number of carboxylic acid groups (broad SMARTS) is 1. The number of aryl methyl sites for hydroxylation is 1. The zero-order valence-corrected chi connectivity index (χ0v) is 12.5. The standard InChI is InChI=1S/C15H23NO2S/c1-3-19-10-4-9-15(11-16,14(17)18)13-7-5-12(2)6-8-13/h5-8H,3-4,9-11,16H2,1-2H3,(H,17,18). The molecule has 0 saturated heterocycles. The molecule has 0 aliphatic carbocycles. The molecule has 0 aromatic heterocycles. The number of aliphatic carboxylic acids is 1. The molecule has 0 aliphatic heterocycles. The number of carboxylic acids is 1. The molecule has 1 aromatic carbocycles. The van der Waals surface area contributed by atoms with Gasteiger partial charge in [0.2, 0.25) is 0 Å². The van der Waals surface area contributed by atoms with Crippen LogP contribution >= 0.6 is 11.8 Å². The summed E-state index contributed by atoms with van der Waals surface area (Å²) < 4.78 is 0. The number of benzene rings is 1. The van der Waals surface area contributed by atoms with Crippen LogP contribution in [0.2, 0.25) is 0 Å². The van der Waals surface area contributed by atoms with Crippen molar-refractivity contribution in [3.05, 3.63) is 35.4 Å². The van der Waals surface area contributed by atoms with Gasteiger partial charge in [-0.1, -0.05) is 36.8 Å². The summed E-state index contributed by atoms with van der Waals surface area (Å²) in [5.74, 6) is 1.23. The van der Waals surface area contributed by atoms with Crippen molar-refractivity contribution in [2.45, 2.75) is 32.1 Å². The molecule has 3 nitrogen and oxygen atoms in total. The molecule has 0 radical (unpaired) electrons. The quantitative estimate of drug-likeness (QED) is 0.719. The maximum atomic E-state index is 11.7. The van der Waals surface area contributed by atoms with Crippen LogP contribution in [0.25, 0.3) is 0 Å². The number of thioether (sulfide) groups is 1. The van der Waals surface area contributed by atoms with Crippen molar-refractivity contribution in [3.8, 4) is 0 Å². The van der Waals surface area contributed by atoms with Crippen LogP contribution in [0.15, 0.2) is 24.3 Å². The number of rotatable bonds is 8. The predicted octanol–water partition coefficient (Wildman–Crippen LogP) is 2.81. The van der Waals surface area contributed by atoms with Gasteiger partial charge in [-0.25, -0.2) is 0 Å². The van der Waals surface area contributed by atoms with Gasteiger partial charge in [-0.15, -0.1) is 0 Å². The van der Waals surface area contributed by atoms with Crippen molar-refractivity contribution >= 4 is 17.7 Å². The summed E-state index contributed by atoms with van der Waals surface area (Å²) in [6.07, 6.45) is 1.46. The fourth-order valence-electron chi connectivity index (χ4n) is 2.17. The fraction of sp³-hybridized carbons (Fsp3) is 0.533. The molecule has 19 heavy (non-hydrogen) atoms. The first-order chi connectivity index (χ1) is 9.06. The number of carbonyl (C=O) groups is 1. The van der Waals surface area contributed by atoms with Crippen molar-refractivity contribution < 1.29 is 9.90 Å². The Balaban J connectivity index is 2.91. The highest BCUT2D eigenvalue weighted by Crippen LogP contribution is 2.30. The largest absolute Gasteiger partial charge is 0.481 e. The molecule has 106 valence electrons. The first-order valence-corrected chi connectivity index (χ1v) is 7.80. The van der Waals surface area contributed by atoms with Gasteiger partial charge in [0.25, 0.3) is 0 Å². The molecule has 1 rings (SSSR count). The van der Waals surface area contributed by atoms with Crippen LogP contribution in [0.4, 0.5) is 0 Å². The second kappa shape index (κ2) is 7.56. The Morgan fingerprint density at radius 2 is 2.00 bits per heavy atom. The summed E-state index contributed by atoms with van der Waals surface area (Å²) in [5.41, 5.74) is 6.80. The maximum Gasteiger partial charge on any atom is 0.315 e. The number of hydrogen-bond acceptors (Lipinski definition) is 3. The Hall–Kier alpha value is -1.00. The molecular formula is C15H23NO2S. The van der Waals surface area contributed by atoms with Crippen molar-refractivity contribution in [1.82, 2.24) is 0 Å². The van der Waals surface area contributed by atoms with Crippen LogP contribution in [0.1, 0.15) is 30.9 Å². The van der Waals surface area contributed by atoms with Crippen molar-refractivity contribution in [3.63, 3.8) is 0 Å². The third-order valence-corrected chi connectivity index (χ3v) is 4.44. The third kappa shape index (κ3) is 3.98. The Morgan fingerprint density at radius 3 is 2.47 bits per heavy atom. The van der Waals surface area contributed by atoms with E-state index in [2.05, 4.69) is 6.92 Å². The van der Waals surface area contributed by atoms with Gasteiger partial charge in [0.05, 0.1) is 0 Å². The lowest BCUT2D eigenvalue weighted by atomic mass is 9.76. The molecule has 0 aliphatic rings. The summed E-state index contributed by atoms with van der Waals surface area (Å²) in [4.78, 5) is 11.7. The lowest BCUT2D eigenvalue weighted by molar-refractivity contribution is -0.143. The summed E-state index contributed by atoms with van der Waals surface area (Å²) >= 11 is 1.83. The van der Waals surface area contributed by atoms with Crippen LogP contribution < -0.4 is 5.73 Å². The second-order valence-electron chi connectivity index (χ2n) is 4.76. The van der Waals surface area contributed by atoms with Gasteiger partial charge in [-0.05, 0) is 36.8 Å². The number of hydrogen-bond donors (Lipinski definition) is 2. The van der Waals surface area contributed by atoms with Crippen LogP contribution in [-0.2, 0) is 10.2 Å². The van der Waals surface area contributed by atoms with Gasteiger partial charge in [-0.3, -0.25) is 4.79 Å². The van der Waals surface area contributed by atoms with E-state index in [4.69, 9.17) is 5.73 Å². The highest BCUT2D eigenvalue weighted by molar-refractivity contribution is 7.99. The highest BCUT2D eigenvalue weighted by atomic mass is 32.2. The fourth-order valence-corrected chi connectivity index (χ4v) is 2.81. The molecule has 0 amide bonds. The zero-order chi connectivity index (χ0) is 14.3. The van der Waals surface area contributed by atoms with E-state index in [1.54, 1.807) is 0 Å². The van der Waals surface area contributed by atoms with Crippen LogP contribution in [0, 0.1) is 6.92 Å². The van der Waals surface area contributed by atoms with Gasteiger partial charge >= 0.3 is 5.97 Å². The minimum atomic E-state index is -0.942. The Kier molecular flexibility index (Phi) is 6.38. The lowest BCUT2D eigenvalue weighted by Gasteiger charge is -2.28. The van der Waals surface area contributed by atoms with Gasteiger partial charge in [0, 0.05) is 6.54 Å². The minimum Gasteiger partial charge on any atom is -0.481 e. The van der Waals surface area contributed by atoms with Crippen LogP contribution in [0.5, 0.6) is 0 Å². The molecule has 0 fully saturated rings. The summed E-state index contributed by atoms with van der Waals surface area (Å²) in [6, 6.07) is 7.68. The molecule has 0 spiro atoms. The topological polar surface area (TPSA) is 63.3 Å². The smallest absolute Gasteiger partial charge is 0.315 e. The first-order valence-electron chi connectivity index (χ1n) is 6.65. The van der Waals surface area contributed by atoms with E-state index < -0.39 is 11.4 Å². The maximum absolute atomic E-state index is 11.7. The summed E-state index contributed by atoms with van der Waals surface area (Å²) in [6.45, 7) is 4.24. The molecule has 1 atom stereocenters. The zero-order valence-electron chi connectivity index (χ0n) is 11.7. The third-order valence-electron chi connectivity index (χ3n) is 3.46. The van der Waals surface area contributed by atoms with E-state index in [1.807, 2.05) is 43.0 Å². The normalized spacial score (nSPS) is 14.1. The number of nitrogens with two attached hydrogens (primary N) is 1. The summed E-state index contributed by atoms with van der Waals surface area (Å²) in [7, 11) is 0. The minimum absolute atomic E-state index is 0.141. The molecule has 0 saturated carbocycles. The molecule has 4 heteroatoms. The van der Waals surface area contributed by atoms with Crippen molar-refractivity contribution in [1.29, 1.82) is 0 Å². The SMILES string of the molecule is CCSCCCC(CN)(C(=O)O)c1ccc(C)cc1. The average Bonchev–Trinajstić information content (AvgIpc) is 2.40. The molecule has 0 bridgehead atoms. The summed E-state index contributed by atoms with van der Waals surface area (Å²) in [5, 5.41) is 9.62. The predicted molar refractivity (Wildman–Crippen MR) is 81.8 cm³/mol. The van der Waals surface area contributed by atoms with Gasteiger partial charge in [0.15, 0.2) is 0 Å². The molecule has 1 unspecified atom stereocenters. The van der Waals surface area contributed by atoms with Crippen molar-refractivity contribution in [2.24, 2.45) is 5.73 Å². The second-order valence-corrected chi connectivity index (χ2v) is 6.15. The molecular weight excluding hydrogens is 258 g/mol. The van der Waals surface area contributed by atoms with Gasteiger partial charge in [0.1, 0.15) is 5.41 Å². The van der Waals surface area contributed by atoms with Gasteiger partial charge in [-0.2, -0.15) is 11.8 Å². The van der Waals surface area contributed by atoms with E-state index in [9.17, 15) is 9.90 Å². The van der Waals surface area contributed by atoms with E-state index in [0.29, 0.717) is 6.42 Å². The Bertz CT molecular complexity index is 405. The Morgan fingerprint density at radius 1 is 1.37 bits per heavy atom. The van der Waals surface area contributed by atoms with Crippen LogP contribution in [0.3, 0.4) is 0 Å². The van der Waals surface area contributed by atoms with E-state index in [0.717, 1.165) is 29.1 Å². The molecule has 0 heterocycles. The van der Waals surface area contributed by atoms with E-state index in [-0.39, 0.29) is 6.54 Å². The monoisotopic (exact) mass is 281 g/mol. The molecule has 1 aromatic rings. The first kappa shape index (κ1) is 16.1. The van der Waals surface area contributed by atoms with E-state index in [1.165, 1.54) is 0 Å². The van der Waals surface area contributed by atoms with Crippen LogP contribution in [-0.4, -0.2) is 29.1 Å². The highest BCUT2D eigenvalue weighted by Gasteiger charge is 2.38. The lowest BCUT2D eigenvalue weighted by Crippen LogP contribution is -2.43. The Labute approximate surface area is 119 Å². The molecule has 3 N–H and O–H groups in total. The average molecular weight is 281 g/mol.